The Kier molecular flexibility index (Phi) is 2.49. The second-order valence-electron chi connectivity index (χ2n) is 4.88. The molecule has 5 heteroatoms. The van der Waals surface area contributed by atoms with Crippen LogP contribution >= 0.6 is 0 Å². The number of nitrogen functional groups attached to an aromatic ring is 1. The lowest BCUT2D eigenvalue weighted by molar-refractivity contribution is -0.127. The second kappa shape index (κ2) is 3.61. The molecule has 1 aliphatic rings. The molecule has 2 N–H and O–H groups in total. The van der Waals surface area contributed by atoms with E-state index in [9.17, 15) is 9.18 Å². The van der Waals surface area contributed by atoms with Crippen molar-refractivity contribution in [1.29, 1.82) is 0 Å². The molecule has 1 heterocycles. The highest BCUT2D eigenvalue weighted by molar-refractivity contribution is 5.99. The van der Waals surface area contributed by atoms with Gasteiger partial charge in [-0.2, -0.15) is 0 Å². The highest BCUT2D eigenvalue weighted by atomic mass is 19.1. The Bertz CT molecular complexity index is 486. The fourth-order valence-corrected chi connectivity index (χ4v) is 1.88. The van der Waals surface area contributed by atoms with Crippen LogP contribution in [0.25, 0.3) is 0 Å². The van der Waals surface area contributed by atoms with Crippen LogP contribution in [0.3, 0.4) is 0 Å². The summed E-state index contributed by atoms with van der Waals surface area (Å²) in [5.41, 5.74) is 5.63. The van der Waals surface area contributed by atoms with Gasteiger partial charge in [0.05, 0.1) is 16.8 Å². The zero-order valence-electron chi connectivity index (χ0n) is 10.1. The van der Waals surface area contributed by atoms with Crippen LogP contribution in [0.1, 0.15) is 13.8 Å². The van der Waals surface area contributed by atoms with Crippen molar-refractivity contribution >= 4 is 17.3 Å². The Morgan fingerprint density at radius 1 is 1.47 bits per heavy atom. The van der Waals surface area contributed by atoms with Crippen molar-refractivity contribution in [3.63, 3.8) is 0 Å². The van der Waals surface area contributed by atoms with E-state index in [0.29, 0.717) is 11.4 Å². The Morgan fingerprint density at radius 3 is 2.76 bits per heavy atom. The third-order valence-corrected chi connectivity index (χ3v) is 2.89. The first-order valence-corrected chi connectivity index (χ1v) is 5.33. The van der Waals surface area contributed by atoms with E-state index in [4.69, 9.17) is 10.5 Å². The van der Waals surface area contributed by atoms with Gasteiger partial charge in [0.1, 0.15) is 12.4 Å². The van der Waals surface area contributed by atoms with Crippen LogP contribution < -0.4 is 15.4 Å². The van der Waals surface area contributed by atoms with Crippen molar-refractivity contribution in [2.24, 2.45) is 5.41 Å². The number of rotatable bonds is 0. The second-order valence-corrected chi connectivity index (χ2v) is 4.88. The number of carbonyl (C=O) groups is 1. The molecule has 2 rings (SSSR count). The molecule has 0 saturated heterocycles. The summed E-state index contributed by atoms with van der Waals surface area (Å²) in [5, 5.41) is 0. The molecule has 0 fully saturated rings. The number of nitrogens with two attached hydrogens (primary N) is 1. The maximum Gasteiger partial charge on any atom is 0.235 e. The van der Waals surface area contributed by atoms with Crippen LogP contribution in [0.5, 0.6) is 5.75 Å². The fourth-order valence-electron chi connectivity index (χ4n) is 1.88. The predicted molar refractivity (Wildman–Crippen MR) is 63.5 cm³/mol. The quantitative estimate of drug-likeness (QED) is 0.701. The van der Waals surface area contributed by atoms with Gasteiger partial charge in [0.15, 0.2) is 5.75 Å². The SMILES string of the molecule is CN1C(=O)C(C)(C)COc2c(N)cc(F)cc21. The molecule has 0 aromatic heterocycles. The lowest BCUT2D eigenvalue weighted by Gasteiger charge is -2.24. The summed E-state index contributed by atoms with van der Waals surface area (Å²) in [6.45, 7) is 3.79. The number of hydrogen-bond acceptors (Lipinski definition) is 3. The molecule has 17 heavy (non-hydrogen) atoms. The standard InChI is InChI=1S/C12H15FN2O2/c1-12(2)6-17-10-8(14)4-7(13)5-9(10)15(3)11(12)16/h4-5H,6,14H2,1-3H3. The van der Waals surface area contributed by atoms with Gasteiger partial charge in [-0.3, -0.25) is 4.79 Å². The summed E-state index contributed by atoms with van der Waals surface area (Å²) in [5.74, 6) is -0.238. The smallest absolute Gasteiger partial charge is 0.235 e. The highest BCUT2D eigenvalue weighted by Crippen LogP contribution is 2.40. The van der Waals surface area contributed by atoms with Crippen molar-refractivity contribution in [1.82, 2.24) is 0 Å². The lowest BCUT2D eigenvalue weighted by Crippen LogP contribution is -2.39. The lowest BCUT2D eigenvalue weighted by atomic mass is 9.93. The number of anilines is 2. The predicted octanol–water partition coefficient (Wildman–Crippen LogP) is 1.79. The number of carbonyl (C=O) groups excluding carboxylic acids is 1. The molecule has 1 amide bonds. The maximum absolute atomic E-state index is 13.3. The van der Waals surface area contributed by atoms with Crippen LogP contribution in [0.2, 0.25) is 0 Å². The number of amides is 1. The molecule has 0 bridgehead atoms. The largest absolute Gasteiger partial charge is 0.488 e. The molecule has 1 aromatic carbocycles. The monoisotopic (exact) mass is 238 g/mol. The van der Waals surface area contributed by atoms with Crippen molar-refractivity contribution in [2.45, 2.75) is 13.8 Å². The molecule has 1 aliphatic heterocycles. The zero-order valence-corrected chi connectivity index (χ0v) is 10.1. The highest BCUT2D eigenvalue weighted by Gasteiger charge is 2.36. The van der Waals surface area contributed by atoms with E-state index in [1.165, 1.54) is 17.0 Å². The molecular weight excluding hydrogens is 223 g/mol. The van der Waals surface area contributed by atoms with Crippen LogP contribution in [0, 0.1) is 11.2 Å². The Labute approximate surface area is 99.2 Å². The van der Waals surface area contributed by atoms with Crippen molar-refractivity contribution in [2.75, 3.05) is 24.3 Å². The molecule has 0 atom stereocenters. The summed E-state index contributed by atoms with van der Waals surface area (Å²) in [4.78, 5) is 13.5. The minimum Gasteiger partial charge on any atom is -0.488 e. The fraction of sp³-hybridized carbons (Fsp3) is 0.417. The Hall–Kier alpha value is -1.78. The average molecular weight is 238 g/mol. The molecule has 4 nitrogen and oxygen atoms in total. The van der Waals surface area contributed by atoms with E-state index in [2.05, 4.69) is 0 Å². The van der Waals surface area contributed by atoms with E-state index in [-0.39, 0.29) is 18.2 Å². The third kappa shape index (κ3) is 1.81. The van der Waals surface area contributed by atoms with Gasteiger partial charge in [-0.15, -0.1) is 0 Å². The van der Waals surface area contributed by atoms with Crippen molar-refractivity contribution < 1.29 is 13.9 Å². The Morgan fingerprint density at radius 2 is 2.12 bits per heavy atom. The topological polar surface area (TPSA) is 55.6 Å². The number of hydrogen-bond donors (Lipinski definition) is 1. The average Bonchev–Trinajstić information content (AvgIpc) is 2.31. The summed E-state index contributed by atoms with van der Waals surface area (Å²) >= 11 is 0. The number of halogens is 1. The number of benzene rings is 1. The minimum absolute atomic E-state index is 0.124. The van der Waals surface area contributed by atoms with Crippen LogP contribution in [-0.4, -0.2) is 19.6 Å². The summed E-state index contributed by atoms with van der Waals surface area (Å²) in [7, 11) is 1.59. The van der Waals surface area contributed by atoms with E-state index in [1.54, 1.807) is 20.9 Å². The van der Waals surface area contributed by atoms with E-state index < -0.39 is 11.2 Å². The molecule has 0 aliphatic carbocycles. The molecule has 0 spiro atoms. The first-order chi connectivity index (χ1) is 7.83. The first-order valence-electron chi connectivity index (χ1n) is 5.33. The van der Waals surface area contributed by atoms with Gasteiger partial charge in [0, 0.05) is 19.2 Å². The number of nitrogens with zero attached hydrogens (tertiary/aromatic N) is 1. The molecule has 0 unspecified atom stereocenters. The summed E-state index contributed by atoms with van der Waals surface area (Å²) < 4.78 is 18.8. The zero-order chi connectivity index (χ0) is 12.8. The molecule has 1 aromatic rings. The van der Waals surface area contributed by atoms with E-state index >= 15 is 0 Å². The number of fused-ring (bicyclic) bond motifs is 1. The van der Waals surface area contributed by atoms with Gasteiger partial charge in [-0.1, -0.05) is 0 Å². The molecular formula is C12H15FN2O2. The first kappa shape index (κ1) is 11.7. The van der Waals surface area contributed by atoms with Gasteiger partial charge >= 0.3 is 0 Å². The number of ether oxygens (including phenoxy) is 1. The molecule has 92 valence electrons. The van der Waals surface area contributed by atoms with E-state index in [1.807, 2.05) is 0 Å². The minimum atomic E-state index is -0.656. The van der Waals surface area contributed by atoms with Crippen molar-refractivity contribution in [3.05, 3.63) is 17.9 Å². The van der Waals surface area contributed by atoms with Crippen LogP contribution in [-0.2, 0) is 4.79 Å². The Balaban J connectivity index is 2.59. The van der Waals surface area contributed by atoms with Gasteiger partial charge < -0.3 is 15.4 Å². The molecule has 0 saturated carbocycles. The van der Waals surface area contributed by atoms with E-state index in [0.717, 1.165) is 0 Å². The van der Waals surface area contributed by atoms with Crippen LogP contribution in [0.15, 0.2) is 12.1 Å². The normalized spacial score (nSPS) is 18.4. The summed E-state index contributed by atoms with van der Waals surface area (Å²) in [6.07, 6.45) is 0. The van der Waals surface area contributed by atoms with Gasteiger partial charge in [-0.05, 0) is 13.8 Å². The molecule has 0 radical (unpaired) electrons. The van der Waals surface area contributed by atoms with Crippen molar-refractivity contribution in [3.8, 4) is 5.75 Å². The summed E-state index contributed by atoms with van der Waals surface area (Å²) in [6, 6.07) is 2.44. The van der Waals surface area contributed by atoms with Gasteiger partial charge in [-0.25, -0.2) is 4.39 Å². The van der Waals surface area contributed by atoms with Gasteiger partial charge in [0.25, 0.3) is 0 Å². The van der Waals surface area contributed by atoms with Crippen LogP contribution in [0.4, 0.5) is 15.8 Å². The van der Waals surface area contributed by atoms with Gasteiger partial charge in [0.2, 0.25) is 5.91 Å². The maximum atomic E-state index is 13.3. The third-order valence-electron chi connectivity index (χ3n) is 2.89.